The van der Waals surface area contributed by atoms with Crippen LogP contribution in [0, 0.1) is 0 Å². The summed E-state index contributed by atoms with van der Waals surface area (Å²) in [4.78, 5) is 38.5. The monoisotopic (exact) mass is 456 g/mol. The summed E-state index contributed by atoms with van der Waals surface area (Å²) in [6.07, 6.45) is 0. The maximum atomic E-state index is 12.4. The Labute approximate surface area is 193 Å². The average Bonchev–Trinajstić information content (AvgIpc) is 2.82. The summed E-state index contributed by atoms with van der Waals surface area (Å²) in [5.41, 5.74) is 5.76. The molecule has 4 rings (SSSR count). The zero-order valence-electron chi connectivity index (χ0n) is 17.8. The number of nitrogens with two attached hydrogens (primary N) is 1. The van der Waals surface area contributed by atoms with Gasteiger partial charge in [0, 0.05) is 5.56 Å². The van der Waals surface area contributed by atoms with Crippen LogP contribution in [0.5, 0.6) is 5.75 Å². The van der Waals surface area contributed by atoms with Gasteiger partial charge in [0.1, 0.15) is 29.3 Å². The number of aromatic amines is 1. The van der Waals surface area contributed by atoms with Gasteiger partial charge in [0.15, 0.2) is 0 Å². The fraction of sp³-hybridized carbons (Fsp3) is 0.0385. The van der Waals surface area contributed by atoms with Crippen LogP contribution in [0.3, 0.4) is 0 Å². The molecular weight excluding hydrogens is 436 g/mol. The van der Waals surface area contributed by atoms with Crippen molar-refractivity contribution < 1.29 is 24.5 Å². The maximum absolute atomic E-state index is 12.4. The lowest BCUT2D eigenvalue weighted by atomic mass is 9.89. The Bertz CT molecular complexity index is 1440. The number of hydrogen-bond donors (Lipinski definition) is 4. The molecule has 4 aromatic rings. The molecule has 0 bridgehead atoms. The number of rotatable bonds is 7. The number of H-pyrrole nitrogens is 1. The molecule has 170 valence electrons. The van der Waals surface area contributed by atoms with Gasteiger partial charge in [-0.2, -0.15) is 0 Å². The highest BCUT2D eigenvalue weighted by Crippen LogP contribution is 2.37. The Morgan fingerprint density at radius 3 is 2.15 bits per heavy atom. The fourth-order valence-electron chi connectivity index (χ4n) is 3.76. The van der Waals surface area contributed by atoms with Gasteiger partial charge in [-0.1, -0.05) is 66.7 Å². The summed E-state index contributed by atoms with van der Waals surface area (Å²) in [5, 5.41) is 19.5. The highest BCUT2D eigenvalue weighted by Gasteiger charge is 2.28. The number of aromatic nitrogens is 1. The maximum Gasteiger partial charge on any atom is 0.342 e. The van der Waals surface area contributed by atoms with Crippen LogP contribution in [0.15, 0.2) is 83.7 Å². The van der Waals surface area contributed by atoms with Crippen molar-refractivity contribution in [2.24, 2.45) is 0 Å². The first-order valence-corrected chi connectivity index (χ1v) is 10.3. The van der Waals surface area contributed by atoms with Gasteiger partial charge in [-0.05, 0) is 34.4 Å². The lowest BCUT2D eigenvalue weighted by Crippen LogP contribution is -2.24. The van der Waals surface area contributed by atoms with Crippen molar-refractivity contribution in [2.75, 3.05) is 5.73 Å². The van der Waals surface area contributed by atoms with Crippen molar-refractivity contribution in [3.8, 4) is 28.0 Å². The van der Waals surface area contributed by atoms with Gasteiger partial charge in [-0.25, -0.2) is 9.59 Å². The molecule has 5 N–H and O–H groups in total. The smallest absolute Gasteiger partial charge is 0.342 e. The van der Waals surface area contributed by atoms with Crippen LogP contribution in [0.25, 0.3) is 22.3 Å². The fourth-order valence-corrected chi connectivity index (χ4v) is 3.76. The standard InChI is InChI=1S/C26H20N2O6/c27-23-21(25(30)31)20(22(26(32)33)24(29)28-23)19-12-5-4-11-18(19)16-9-6-10-17(13-16)34-14-15-7-2-1-3-8-15/h1-13H,14H2,(H,30,31)(H,32,33)(H3,27,28,29). The van der Waals surface area contributed by atoms with Crippen molar-refractivity contribution in [1.82, 2.24) is 4.98 Å². The van der Waals surface area contributed by atoms with E-state index in [4.69, 9.17) is 10.5 Å². The second-order valence-electron chi connectivity index (χ2n) is 7.45. The van der Waals surface area contributed by atoms with Gasteiger partial charge in [-0.15, -0.1) is 0 Å². The highest BCUT2D eigenvalue weighted by molar-refractivity contribution is 6.09. The van der Waals surface area contributed by atoms with E-state index in [-0.39, 0.29) is 11.1 Å². The summed E-state index contributed by atoms with van der Waals surface area (Å²) < 4.78 is 5.90. The molecule has 8 nitrogen and oxygen atoms in total. The Kier molecular flexibility index (Phi) is 6.13. The SMILES string of the molecule is Nc1[nH]c(=O)c(C(=O)O)c(-c2ccccc2-c2cccc(OCc3ccccc3)c2)c1C(=O)O. The molecule has 0 spiro atoms. The molecule has 0 aliphatic heterocycles. The first kappa shape index (κ1) is 22.3. The molecule has 0 unspecified atom stereocenters. The Balaban J connectivity index is 1.86. The van der Waals surface area contributed by atoms with E-state index in [9.17, 15) is 24.6 Å². The molecule has 34 heavy (non-hydrogen) atoms. The van der Waals surface area contributed by atoms with Crippen LogP contribution in [-0.4, -0.2) is 27.1 Å². The van der Waals surface area contributed by atoms with Crippen LogP contribution in [0.1, 0.15) is 26.3 Å². The van der Waals surface area contributed by atoms with Crippen molar-refractivity contribution in [3.63, 3.8) is 0 Å². The molecule has 0 radical (unpaired) electrons. The molecule has 0 aliphatic rings. The number of nitrogen functional groups attached to an aromatic ring is 1. The third kappa shape index (κ3) is 4.37. The van der Waals surface area contributed by atoms with E-state index in [2.05, 4.69) is 4.98 Å². The van der Waals surface area contributed by atoms with Gasteiger partial charge in [0.05, 0.1) is 0 Å². The van der Waals surface area contributed by atoms with Crippen LogP contribution in [0.2, 0.25) is 0 Å². The number of pyridine rings is 1. The second-order valence-corrected chi connectivity index (χ2v) is 7.45. The average molecular weight is 456 g/mol. The number of benzene rings is 3. The van der Waals surface area contributed by atoms with Gasteiger partial charge in [0.2, 0.25) is 0 Å². The summed E-state index contributed by atoms with van der Waals surface area (Å²) in [7, 11) is 0. The summed E-state index contributed by atoms with van der Waals surface area (Å²) in [6, 6.07) is 23.4. The van der Waals surface area contributed by atoms with E-state index in [1.807, 2.05) is 30.3 Å². The first-order chi connectivity index (χ1) is 16.4. The zero-order valence-corrected chi connectivity index (χ0v) is 17.8. The summed E-state index contributed by atoms with van der Waals surface area (Å²) in [6.45, 7) is 0.350. The molecule has 0 saturated carbocycles. The molecule has 0 amide bonds. The van der Waals surface area contributed by atoms with Crippen LogP contribution < -0.4 is 16.0 Å². The molecule has 1 aromatic heterocycles. The number of carboxylic acids is 2. The summed E-state index contributed by atoms with van der Waals surface area (Å²) >= 11 is 0. The molecule has 0 atom stereocenters. The largest absolute Gasteiger partial charge is 0.489 e. The van der Waals surface area contributed by atoms with E-state index in [0.717, 1.165) is 5.56 Å². The van der Waals surface area contributed by atoms with E-state index in [1.165, 1.54) is 0 Å². The molecule has 1 heterocycles. The Morgan fingerprint density at radius 1 is 0.824 bits per heavy atom. The summed E-state index contributed by atoms with van der Waals surface area (Å²) in [5.74, 6) is -2.87. The number of carbonyl (C=O) groups is 2. The van der Waals surface area contributed by atoms with Crippen LogP contribution >= 0.6 is 0 Å². The highest BCUT2D eigenvalue weighted by atomic mass is 16.5. The van der Waals surface area contributed by atoms with Crippen LogP contribution in [-0.2, 0) is 6.61 Å². The van der Waals surface area contributed by atoms with Gasteiger partial charge < -0.3 is 25.7 Å². The van der Waals surface area contributed by atoms with Crippen molar-refractivity contribution >= 4 is 17.8 Å². The number of hydrogen-bond acceptors (Lipinski definition) is 5. The normalized spacial score (nSPS) is 10.6. The van der Waals surface area contributed by atoms with Gasteiger partial charge in [-0.3, -0.25) is 4.79 Å². The molecule has 0 aliphatic carbocycles. The number of anilines is 1. The van der Waals surface area contributed by atoms with Gasteiger partial charge in [0.25, 0.3) is 5.56 Å². The minimum atomic E-state index is -1.56. The van der Waals surface area contributed by atoms with Crippen LogP contribution in [0.4, 0.5) is 5.82 Å². The molecular formula is C26H20N2O6. The minimum Gasteiger partial charge on any atom is -0.489 e. The number of carboxylic acid groups (broad SMARTS) is 2. The predicted molar refractivity (Wildman–Crippen MR) is 127 cm³/mol. The molecule has 8 heteroatoms. The molecule has 0 fully saturated rings. The molecule has 3 aromatic carbocycles. The predicted octanol–water partition coefficient (Wildman–Crippen LogP) is 4.27. The van der Waals surface area contributed by atoms with E-state index in [1.54, 1.807) is 48.5 Å². The Hall–Kier alpha value is -4.85. The van der Waals surface area contributed by atoms with E-state index < -0.39 is 34.4 Å². The molecule has 0 saturated heterocycles. The van der Waals surface area contributed by atoms with Gasteiger partial charge >= 0.3 is 11.9 Å². The number of nitrogens with one attached hydrogen (secondary N) is 1. The number of aromatic carboxylic acids is 2. The van der Waals surface area contributed by atoms with Crippen molar-refractivity contribution in [3.05, 3.63) is 106 Å². The zero-order chi connectivity index (χ0) is 24.2. The third-order valence-corrected chi connectivity index (χ3v) is 5.26. The lowest BCUT2D eigenvalue weighted by Gasteiger charge is -2.16. The third-order valence-electron chi connectivity index (χ3n) is 5.26. The topological polar surface area (TPSA) is 143 Å². The quantitative estimate of drug-likeness (QED) is 0.325. The van der Waals surface area contributed by atoms with Crippen molar-refractivity contribution in [1.29, 1.82) is 0 Å². The Morgan fingerprint density at radius 2 is 1.47 bits per heavy atom. The second kappa shape index (κ2) is 9.33. The number of ether oxygens (including phenoxy) is 1. The van der Waals surface area contributed by atoms with Crippen molar-refractivity contribution in [2.45, 2.75) is 6.61 Å². The van der Waals surface area contributed by atoms with E-state index >= 15 is 0 Å². The lowest BCUT2D eigenvalue weighted by molar-refractivity contribution is 0.0695. The first-order valence-electron chi connectivity index (χ1n) is 10.3. The van der Waals surface area contributed by atoms with E-state index in [0.29, 0.717) is 23.5 Å². The minimum absolute atomic E-state index is 0.246.